The van der Waals surface area contributed by atoms with Crippen LogP contribution in [0, 0.1) is 11.3 Å². The van der Waals surface area contributed by atoms with Crippen molar-refractivity contribution in [3.63, 3.8) is 0 Å². The molecule has 2 aromatic carbocycles. The lowest BCUT2D eigenvalue weighted by molar-refractivity contribution is 0.0926. The van der Waals surface area contributed by atoms with Gasteiger partial charge in [0.1, 0.15) is 0 Å². The average molecular weight is 455 g/mol. The van der Waals surface area contributed by atoms with Crippen molar-refractivity contribution in [2.45, 2.75) is 52.4 Å². The lowest BCUT2D eigenvalue weighted by Gasteiger charge is -2.40. The number of carbonyl (C=O) groups is 1. The summed E-state index contributed by atoms with van der Waals surface area (Å²) in [6, 6.07) is 18.8. The van der Waals surface area contributed by atoms with Crippen molar-refractivity contribution in [1.29, 1.82) is 0 Å². The van der Waals surface area contributed by atoms with Crippen LogP contribution in [0.1, 0.15) is 68.3 Å². The Kier molecular flexibility index (Phi) is 8.41. The Morgan fingerprint density at radius 2 is 1.44 bits per heavy atom. The van der Waals surface area contributed by atoms with Crippen molar-refractivity contribution in [2.24, 2.45) is 11.3 Å². The number of ketones is 1. The van der Waals surface area contributed by atoms with Crippen molar-refractivity contribution in [3.8, 4) is 0 Å². The SMILES string of the molecule is CC(C)(C)C1CCC(c2ccccc2N2CCN(CC(=O)c3ccccc3)CC2)CC1.Cl. The van der Waals surface area contributed by atoms with Crippen LogP contribution < -0.4 is 4.90 Å². The van der Waals surface area contributed by atoms with Crippen molar-refractivity contribution in [3.05, 3.63) is 65.7 Å². The molecule has 3 nitrogen and oxygen atoms in total. The van der Waals surface area contributed by atoms with E-state index in [-0.39, 0.29) is 18.2 Å². The largest absolute Gasteiger partial charge is 0.369 e. The smallest absolute Gasteiger partial charge is 0.176 e. The molecule has 1 saturated carbocycles. The third-order valence-corrected chi connectivity index (χ3v) is 7.50. The second-order valence-electron chi connectivity index (χ2n) is 10.5. The zero-order valence-electron chi connectivity index (χ0n) is 19.9. The second kappa shape index (κ2) is 10.9. The van der Waals surface area contributed by atoms with Crippen LogP contribution in [0.5, 0.6) is 0 Å². The minimum atomic E-state index is 0. The van der Waals surface area contributed by atoms with E-state index in [0.717, 1.165) is 37.7 Å². The summed E-state index contributed by atoms with van der Waals surface area (Å²) in [4.78, 5) is 17.4. The summed E-state index contributed by atoms with van der Waals surface area (Å²) in [6.07, 6.45) is 5.31. The van der Waals surface area contributed by atoms with E-state index in [1.54, 1.807) is 5.56 Å². The molecule has 174 valence electrons. The minimum absolute atomic E-state index is 0. The van der Waals surface area contributed by atoms with Gasteiger partial charge in [0.05, 0.1) is 6.54 Å². The number of Topliss-reactive ketones (excluding diaryl/α,β-unsaturated/α-hetero) is 1. The van der Waals surface area contributed by atoms with E-state index in [0.29, 0.717) is 17.9 Å². The number of hydrogen-bond donors (Lipinski definition) is 0. The van der Waals surface area contributed by atoms with Gasteiger partial charge in [-0.2, -0.15) is 0 Å². The third-order valence-electron chi connectivity index (χ3n) is 7.50. The maximum Gasteiger partial charge on any atom is 0.176 e. The molecule has 0 bridgehead atoms. The first kappa shape index (κ1) is 24.8. The zero-order chi connectivity index (χ0) is 21.8. The van der Waals surface area contributed by atoms with Crippen LogP contribution in [-0.2, 0) is 0 Å². The molecular weight excluding hydrogens is 416 g/mol. The fraction of sp³-hybridized carbons (Fsp3) is 0.536. The van der Waals surface area contributed by atoms with Gasteiger partial charge in [-0.25, -0.2) is 0 Å². The van der Waals surface area contributed by atoms with Crippen LogP contribution >= 0.6 is 12.4 Å². The van der Waals surface area contributed by atoms with E-state index in [4.69, 9.17) is 0 Å². The Hall–Kier alpha value is -1.84. The summed E-state index contributed by atoms with van der Waals surface area (Å²) in [6.45, 7) is 11.6. The van der Waals surface area contributed by atoms with Gasteiger partial charge in [0.15, 0.2) is 5.78 Å². The first-order chi connectivity index (χ1) is 14.9. The number of halogens is 1. The molecule has 1 aliphatic heterocycles. The van der Waals surface area contributed by atoms with Crippen molar-refractivity contribution >= 4 is 23.9 Å². The molecule has 0 spiro atoms. The minimum Gasteiger partial charge on any atom is -0.369 e. The van der Waals surface area contributed by atoms with Crippen LogP contribution in [0.4, 0.5) is 5.69 Å². The number of rotatable bonds is 5. The van der Waals surface area contributed by atoms with E-state index in [1.807, 2.05) is 30.3 Å². The summed E-state index contributed by atoms with van der Waals surface area (Å²) >= 11 is 0. The highest BCUT2D eigenvalue weighted by atomic mass is 35.5. The highest BCUT2D eigenvalue weighted by Crippen LogP contribution is 2.45. The fourth-order valence-electron chi connectivity index (χ4n) is 5.46. The molecule has 2 fully saturated rings. The lowest BCUT2D eigenvalue weighted by Crippen LogP contribution is -2.48. The monoisotopic (exact) mass is 454 g/mol. The summed E-state index contributed by atoms with van der Waals surface area (Å²) in [5.41, 5.74) is 4.22. The second-order valence-corrected chi connectivity index (χ2v) is 10.5. The van der Waals surface area contributed by atoms with Gasteiger partial charge >= 0.3 is 0 Å². The number of piperazine rings is 1. The van der Waals surface area contributed by atoms with E-state index >= 15 is 0 Å². The molecule has 1 aliphatic carbocycles. The van der Waals surface area contributed by atoms with Crippen LogP contribution in [0.25, 0.3) is 0 Å². The quantitative estimate of drug-likeness (QED) is 0.486. The summed E-state index contributed by atoms with van der Waals surface area (Å²) < 4.78 is 0. The number of benzene rings is 2. The Labute approximate surface area is 200 Å². The molecule has 0 radical (unpaired) electrons. The van der Waals surface area contributed by atoms with Gasteiger partial charge < -0.3 is 4.90 Å². The van der Waals surface area contributed by atoms with Gasteiger partial charge in [-0.1, -0.05) is 69.3 Å². The van der Waals surface area contributed by atoms with E-state index in [1.165, 1.54) is 31.4 Å². The van der Waals surface area contributed by atoms with Crippen molar-refractivity contribution in [2.75, 3.05) is 37.6 Å². The van der Waals surface area contributed by atoms with Gasteiger partial charge in [-0.3, -0.25) is 9.69 Å². The predicted octanol–water partition coefficient (Wildman–Crippen LogP) is 6.43. The van der Waals surface area contributed by atoms with Gasteiger partial charge in [0.25, 0.3) is 0 Å². The molecule has 0 atom stereocenters. The van der Waals surface area contributed by atoms with Gasteiger partial charge in [-0.05, 0) is 54.6 Å². The molecule has 1 heterocycles. The van der Waals surface area contributed by atoms with Gasteiger partial charge in [0.2, 0.25) is 0 Å². The van der Waals surface area contributed by atoms with Crippen LogP contribution in [-0.4, -0.2) is 43.4 Å². The molecule has 2 aromatic rings. The lowest BCUT2D eigenvalue weighted by atomic mass is 9.68. The zero-order valence-corrected chi connectivity index (χ0v) is 20.7. The van der Waals surface area contributed by atoms with Gasteiger partial charge in [-0.15, -0.1) is 12.4 Å². The Morgan fingerprint density at radius 3 is 2.06 bits per heavy atom. The third kappa shape index (κ3) is 5.94. The number of para-hydroxylation sites is 1. The van der Waals surface area contributed by atoms with Crippen LogP contribution in [0.3, 0.4) is 0 Å². The molecule has 4 rings (SSSR count). The first-order valence-corrected chi connectivity index (χ1v) is 12.1. The van der Waals surface area contributed by atoms with Crippen molar-refractivity contribution in [1.82, 2.24) is 4.90 Å². The molecule has 0 N–H and O–H groups in total. The first-order valence-electron chi connectivity index (χ1n) is 12.1. The van der Waals surface area contributed by atoms with E-state index < -0.39 is 0 Å². The molecular formula is C28H39ClN2O. The highest BCUT2D eigenvalue weighted by molar-refractivity contribution is 5.97. The average Bonchev–Trinajstić information content (AvgIpc) is 2.80. The fourth-order valence-corrected chi connectivity index (χ4v) is 5.46. The summed E-state index contributed by atoms with van der Waals surface area (Å²) in [7, 11) is 0. The maximum atomic E-state index is 12.6. The number of anilines is 1. The van der Waals surface area contributed by atoms with E-state index in [2.05, 4.69) is 54.8 Å². The Bertz CT molecular complexity index is 861. The Morgan fingerprint density at radius 1 is 0.844 bits per heavy atom. The molecule has 4 heteroatoms. The molecule has 0 aromatic heterocycles. The van der Waals surface area contributed by atoms with Crippen molar-refractivity contribution < 1.29 is 4.79 Å². The molecule has 0 amide bonds. The highest BCUT2D eigenvalue weighted by Gasteiger charge is 2.31. The number of carbonyl (C=O) groups excluding carboxylic acids is 1. The summed E-state index contributed by atoms with van der Waals surface area (Å²) in [5, 5.41) is 0. The molecule has 0 unspecified atom stereocenters. The van der Waals surface area contributed by atoms with E-state index in [9.17, 15) is 4.79 Å². The molecule has 1 saturated heterocycles. The predicted molar refractivity (Wildman–Crippen MR) is 137 cm³/mol. The number of hydrogen-bond acceptors (Lipinski definition) is 3. The summed E-state index contributed by atoms with van der Waals surface area (Å²) in [5.74, 6) is 1.76. The normalized spacial score (nSPS) is 22.3. The molecule has 32 heavy (non-hydrogen) atoms. The maximum absolute atomic E-state index is 12.6. The number of nitrogens with zero attached hydrogens (tertiary/aromatic N) is 2. The molecule has 2 aliphatic rings. The standard InChI is InChI=1S/C28H38N2O.ClH/c1-28(2,3)24-15-13-22(14-16-24)25-11-7-8-12-26(25)30-19-17-29(18-20-30)21-27(31)23-9-5-4-6-10-23;/h4-12,22,24H,13-21H2,1-3H3;1H. The topological polar surface area (TPSA) is 23.6 Å². The van der Waals surface area contributed by atoms with Gasteiger partial charge in [0, 0.05) is 37.4 Å². The Balaban J connectivity index is 0.00000289. The van der Waals surface area contributed by atoms with Crippen LogP contribution in [0.15, 0.2) is 54.6 Å². The van der Waals surface area contributed by atoms with Crippen LogP contribution in [0.2, 0.25) is 0 Å².